The number of carbonyl (C=O) groups is 1. The van der Waals surface area contributed by atoms with Gasteiger partial charge in [0.15, 0.2) is 0 Å². The van der Waals surface area contributed by atoms with Gasteiger partial charge in [0.05, 0.1) is 12.8 Å². The highest BCUT2D eigenvalue weighted by Crippen LogP contribution is 2.12. The third kappa shape index (κ3) is 5.27. The molecule has 0 saturated carbocycles. The van der Waals surface area contributed by atoms with Gasteiger partial charge in [0, 0.05) is 11.1 Å². The van der Waals surface area contributed by atoms with Gasteiger partial charge < -0.3 is 0 Å². The zero-order valence-electron chi connectivity index (χ0n) is 17.1. The van der Waals surface area contributed by atoms with Crippen molar-refractivity contribution in [3.8, 4) is 11.4 Å². The number of aromatic nitrogens is 4. The highest BCUT2D eigenvalue weighted by Gasteiger charge is 2.07. The van der Waals surface area contributed by atoms with Crippen molar-refractivity contribution < 1.29 is 4.79 Å². The van der Waals surface area contributed by atoms with Crippen molar-refractivity contribution in [3.63, 3.8) is 0 Å². The zero-order valence-corrected chi connectivity index (χ0v) is 17.1. The average Bonchev–Trinajstić information content (AvgIpc) is 3.29. The van der Waals surface area contributed by atoms with E-state index in [-0.39, 0.29) is 5.91 Å². The van der Waals surface area contributed by atoms with Crippen LogP contribution in [0.3, 0.4) is 0 Å². The topological polar surface area (TPSA) is 85.1 Å². The summed E-state index contributed by atoms with van der Waals surface area (Å²) in [6, 6.07) is 25.0. The predicted octanol–water partition coefficient (Wildman–Crippen LogP) is 3.71. The molecule has 0 fully saturated rings. The van der Waals surface area contributed by atoms with Crippen LogP contribution >= 0.6 is 0 Å². The molecule has 0 atom stereocenters. The van der Waals surface area contributed by atoms with Crippen molar-refractivity contribution in [2.75, 3.05) is 0 Å². The fraction of sp³-hybridized carbons (Fsp3) is 0.125. The molecule has 7 nitrogen and oxygen atoms in total. The Morgan fingerprint density at radius 3 is 2.39 bits per heavy atom. The van der Waals surface area contributed by atoms with Crippen molar-refractivity contribution >= 4 is 12.1 Å². The number of hydrazone groups is 1. The number of tetrazole rings is 1. The number of nitrogens with zero attached hydrogens (tertiary/aromatic N) is 5. The summed E-state index contributed by atoms with van der Waals surface area (Å²) < 4.78 is 0. The molecule has 4 rings (SSSR count). The van der Waals surface area contributed by atoms with Crippen molar-refractivity contribution in [3.05, 3.63) is 101 Å². The number of nitrogens with one attached hydrogen (secondary N) is 1. The molecule has 1 heterocycles. The first-order chi connectivity index (χ1) is 15.2. The number of benzene rings is 3. The second-order valence-electron chi connectivity index (χ2n) is 7.00. The second kappa shape index (κ2) is 9.58. The molecular weight excluding hydrogens is 388 g/mol. The van der Waals surface area contributed by atoms with Crippen LogP contribution in [0.4, 0.5) is 0 Å². The Bertz CT molecular complexity index is 1160. The molecule has 0 aliphatic heterocycles. The molecule has 0 aliphatic rings. The first-order valence-corrected chi connectivity index (χ1v) is 10.1. The first-order valence-electron chi connectivity index (χ1n) is 10.1. The summed E-state index contributed by atoms with van der Waals surface area (Å²) in [4.78, 5) is 13.8. The molecule has 1 N–H and O–H groups in total. The van der Waals surface area contributed by atoms with Crippen molar-refractivity contribution in [1.29, 1.82) is 0 Å². The molecule has 7 heteroatoms. The lowest BCUT2D eigenvalue weighted by atomic mass is 10.1. The van der Waals surface area contributed by atoms with E-state index >= 15 is 0 Å². The standard InChI is InChI=1S/C24H22N6O/c1-2-18-8-10-19(11-9-18)16-25-27-24(31)22-14-12-20(13-15-22)17-30-28-23(26-29-30)21-6-4-3-5-7-21/h3-16H,2,17H2,1H3,(H,27,31)/b25-16+. The quantitative estimate of drug-likeness (QED) is 0.372. The van der Waals surface area contributed by atoms with Crippen molar-refractivity contribution in [2.24, 2.45) is 5.10 Å². The van der Waals surface area contributed by atoms with Crippen LogP contribution in [0.5, 0.6) is 0 Å². The van der Waals surface area contributed by atoms with Crippen LogP contribution in [-0.2, 0) is 13.0 Å². The van der Waals surface area contributed by atoms with Gasteiger partial charge in [-0.05, 0) is 40.5 Å². The van der Waals surface area contributed by atoms with Crippen LogP contribution < -0.4 is 5.43 Å². The van der Waals surface area contributed by atoms with Crippen LogP contribution in [0, 0.1) is 0 Å². The SMILES string of the molecule is CCc1ccc(/C=N/NC(=O)c2ccc(Cn3nnc(-c4ccccc4)n3)cc2)cc1. The van der Waals surface area contributed by atoms with E-state index < -0.39 is 0 Å². The molecule has 0 radical (unpaired) electrons. The van der Waals surface area contributed by atoms with Gasteiger partial charge in [0.1, 0.15) is 0 Å². The second-order valence-corrected chi connectivity index (χ2v) is 7.00. The Hall–Kier alpha value is -4.13. The van der Waals surface area contributed by atoms with E-state index in [9.17, 15) is 4.79 Å². The number of aryl methyl sites for hydroxylation is 1. The fourth-order valence-corrected chi connectivity index (χ4v) is 3.01. The normalized spacial score (nSPS) is 11.0. The Morgan fingerprint density at radius 2 is 1.68 bits per heavy atom. The summed E-state index contributed by atoms with van der Waals surface area (Å²) in [5, 5.41) is 16.6. The minimum atomic E-state index is -0.266. The molecule has 0 aliphatic carbocycles. The summed E-state index contributed by atoms with van der Waals surface area (Å²) in [6.07, 6.45) is 2.62. The van der Waals surface area contributed by atoms with Gasteiger partial charge >= 0.3 is 0 Å². The van der Waals surface area contributed by atoms with Gasteiger partial charge in [-0.1, -0.05) is 73.7 Å². The smallest absolute Gasteiger partial charge is 0.267 e. The highest BCUT2D eigenvalue weighted by molar-refractivity contribution is 5.94. The van der Waals surface area contributed by atoms with Crippen molar-refractivity contribution in [1.82, 2.24) is 25.6 Å². The van der Waals surface area contributed by atoms with Crippen LogP contribution in [0.25, 0.3) is 11.4 Å². The number of amides is 1. The minimum absolute atomic E-state index is 0.266. The Labute approximate surface area is 180 Å². The van der Waals surface area contributed by atoms with Gasteiger partial charge in [-0.2, -0.15) is 9.90 Å². The lowest BCUT2D eigenvalue weighted by Crippen LogP contribution is -2.17. The monoisotopic (exact) mass is 410 g/mol. The van der Waals surface area contributed by atoms with E-state index in [0.717, 1.165) is 23.1 Å². The maximum absolute atomic E-state index is 12.3. The third-order valence-electron chi connectivity index (χ3n) is 4.79. The number of rotatable bonds is 7. The Kier molecular flexibility index (Phi) is 6.23. The molecule has 4 aromatic rings. The van der Waals surface area contributed by atoms with Gasteiger partial charge in [-0.15, -0.1) is 10.2 Å². The molecule has 154 valence electrons. The Morgan fingerprint density at radius 1 is 0.968 bits per heavy atom. The maximum Gasteiger partial charge on any atom is 0.271 e. The molecule has 31 heavy (non-hydrogen) atoms. The molecule has 0 bridgehead atoms. The van der Waals surface area contributed by atoms with Crippen LogP contribution in [0.15, 0.2) is 84.0 Å². The zero-order chi connectivity index (χ0) is 21.5. The molecule has 0 saturated heterocycles. The largest absolute Gasteiger partial charge is 0.271 e. The van der Waals surface area contributed by atoms with E-state index in [1.165, 1.54) is 10.4 Å². The number of hydrogen-bond donors (Lipinski definition) is 1. The summed E-state index contributed by atoms with van der Waals surface area (Å²) in [7, 11) is 0. The van der Waals surface area contributed by atoms with E-state index in [0.29, 0.717) is 17.9 Å². The summed E-state index contributed by atoms with van der Waals surface area (Å²) >= 11 is 0. The van der Waals surface area contributed by atoms with Gasteiger partial charge in [0.2, 0.25) is 5.82 Å². The van der Waals surface area contributed by atoms with Gasteiger partial charge in [-0.3, -0.25) is 4.79 Å². The first kappa shape index (κ1) is 20.2. The number of carbonyl (C=O) groups excluding carboxylic acids is 1. The third-order valence-corrected chi connectivity index (χ3v) is 4.79. The van der Waals surface area contributed by atoms with E-state index in [4.69, 9.17) is 0 Å². The van der Waals surface area contributed by atoms with Crippen molar-refractivity contribution in [2.45, 2.75) is 19.9 Å². The lowest BCUT2D eigenvalue weighted by molar-refractivity contribution is 0.0955. The molecule has 0 spiro atoms. The predicted molar refractivity (Wildman–Crippen MR) is 120 cm³/mol. The van der Waals surface area contributed by atoms with E-state index in [1.807, 2.05) is 54.6 Å². The maximum atomic E-state index is 12.3. The molecule has 3 aromatic carbocycles. The summed E-state index contributed by atoms with van der Waals surface area (Å²) in [6.45, 7) is 2.58. The van der Waals surface area contributed by atoms with Gasteiger partial charge in [-0.25, -0.2) is 5.43 Å². The molecular formula is C24H22N6O. The van der Waals surface area contributed by atoms with Crippen LogP contribution in [0.1, 0.15) is 34.0 Å². The average molecular weight is 410 g/mol. The van der Waals surface area contributed by atoms with E-state index in [2.05, 4.69) is 45.0 Å². The van der Waals surface area contributed by atoms with Crippen LogP contribution in [0.2, 0.25) is 0 Å². The molecule has 0 unspecified atom stereocenters. The summed E-state index contributed by atoms with van der Waals surface area (Å²) in [5.41, 5.74) is 7.16. The fourth-order valence-electron chi connectivity index (χ4n) is 3.01. The highest BCUT2D eigenvalue weighted by atomic mass is 16.2. The van der Waals surface area contributed by atoms with Gasteiger partial charge in [0.25, 0.3) is 5.91 Å². The molecule has 1 amide bonds. The number of hydrogen-bond acceptors (Lipinski definition) is 5. The molecule has 1 aromatic heterocycles. The van der Waals surface area contributed by atoms with Crippen LogP contribution in [-0.4, -0.2) is 32.3 Å². The Balaban J connectivity index is 1.34. The summed E-state index contributed by atoms with van der Waals surface area (Å²) in [5.74, 6) is 0.317. The van der Waals surface area contributed by atoms with E-state index in [1.54, 1.807) is 18.3 Å². The minimum Gasteiger partial charge on any atom is -0.267 e. The lowest BCUT2D eigenvalue weighted by Gasteiger charge is -2.03.